The Morgan fingerprint density at radius 2 is 2.10 bits per heavy atom. The molecule has 0 spiro atoms. The Bertz CT molecular complexity index is 210. The molecule has 1 nitrogen and oxygen atoms in total. The molecule has 0 heterocycles. The molecule has 0 unspecified atom stereocenters. The van der Waals surface area contributed by atoms with Gasteiger partial charge in [0.05, 0.1) is 0 Å². The highest BCUT2D eigenvalue weighted by Crippen LogP contribution is 2.13. The van der Waals surface area contributed by atoms with Gasteiger partial charge in [0.15, 0.2) is 0 Å². The standard InChI is InChI=1S/C7H6BFO/c1-4-2-5(8)6(9)3-7(4)10/h2-3,10H,1H3. The van der Waals surface area contributed by atoms with Gasteiger partial charge in [-0.15, -0.1) is 0 Å². The molecule has 0 amide bonds. The second-order valence-corrected chi connectivity index (χ2v) is 2.16. The fourth-order valence-electron chi connectivity index (χ4n) is 0.693. The number of phenols is 1. The molecular weight excluding hydrogens is 130 g/mol. The second kappa shape index (κ2) is 2.33. The molecule has 1 rings (SSSR count). The SMILES string of the molecule is [B]c1cc(C)c(O)cc1F. The summed E-state index contributed by atoms with van der Waals surface area (Å²) in [6, 6.07) is 2.40. The van der Waals surface area contributed by atoms with E-state index in [1.807, 2.05) is 0 Å². The summed E-state index contributed by atoms with van der Waals surface area (Å²) >= 11 is 0. The number of aryl methyl sites for hydroxylation is 1. The molecule has 0 saturated carbocycles. The summed E-state index contributed by atoms with van der Waals surface area (Å²) in [7, 11) is 5.20. The maximum Gasteiger partial charge on any atom is 0.121 e. The third-order valence-corrected chi connectivity index (χ3v) is 1.32. The van der Waals surface area contributed by atoms with Gasteiger partial charge in [-0.3, -0.25) is 0 Å². The molecule has 0 aliphatic heterocycles. The van der Waals surface area contributed by atoms with Crippen LogP contribution in [0.25, 0.3) is 0 Å². The van der Waals surface area contributed by atoms with E-state index in [1.165, 1.54) is 6.07 Å². The number of phenolic OH excluding ortho intramolecular Hbond substituents is 1. The summed E-state index contributed by atoms with van der Waals surface area (Å²) in [5.74, 6) is -0.644. The van der Waals surface area contributed by atoms with Crippen LogP contribution in [0.5, 0.6) is 5.75 Å². The van der Waals surface area contributed by atoms with E-state index in [2.05, 4.69) is 0 Å². The van der Waals surface area contributed by atoms with Crippen LogP contribution in [-0.2, 0) is 0 Å². The second-order valence-electron chi connectivity index (χ2n) is 2.16. The first-order valence-corrected chi connectivity index (χ1v) is 2.86. The fourth-order valence-corrected chi connectivity index (χ4v) is 0.693. The predicted molar refractivity (Wildman–Crippen MR) is 38.2 cm³/mol. The van der Waals surface area contributed by atoms with Crippen molar-refractivity contribution in [1.29, 1.82) is 0 Å². The van der Waals surface area contributed by atoms with Crippen molar-refractivity contribution < 1.29 is 9.50 Å². The van der Waals surface area contributed by atoms with Crippen molar-refractivity contribution >= 4 is 13.3 Å². The minimum atomic E-state index is -0.580. The molecule has 1 aromatic carbocycles. The number of benzene rings is 1. The van der Waals surface area contributed by atoms with Crippen LogP contribution < -0.4 is 5.46 Å². The summed E-state index contributed by atoms with van der Waals surface area (Å²) < 4.78 is 12.5. The molecule has 0 aliphatic carbocycles. The predicted octanol–water partition coefficient (Wildman–Crippen LogP) is 0.634. The molecule has 0 fully saturated rings. The highest BCUT2D eigenvalue weighted by atomic mass is 19.1. The third-order valence-electron chi connectivity index (χ3n) is 1.32. The van der Waals surface area contributed by atoms with Crippen LogP contribution in [0.3, 0.4) is 0 Å². The number of rotatable bonds is 0. The Morgan fingerprint density at radius 3 is 2.60 bits per heavy atom. The first-order chi connectivity index (χ1) is 4.61. The largest absolute Gasteiger partial charge is 0.508 e. The Balaban J connectivity index is 3.28. The molecule has 10 heavy (non-hydrogen) atoms. The zero-order valence-electron chi connectivity index (χ0n) is 5.56. The van der Waals surface area contributed by atoms with Gasteiger partial charge in [0.1, 0.15) is 19.4 Å². The molecule has 0 bridgehead atoms. The highest BCUT2D eigenvalue weighted by Gasteiger charge is 2.00. The fraction of sp³-hybridized carbons (Fsp3) is 0.143. The molecule has 0 aliphatic rings. The lowest BCUT2D eigenvalue weighted by atomic mass is 9.93. The molecule has 50 valence electrons. The van der Waals surface area contributed by atoms with E-state index in [0.29, 0.717) is 5.56 Å². The first-order valence-electron chi connectivity index (χ1n) is 2.86. The topological polar surface area (TPSA) is 20.2 Å². The molecule has 0 saturated heterocycles. The van der Waals surface area contributed by atoms with E-state index in [1.54, 1.807) is 6.92 Å². The van der Waals surface area contributed by atoms with Gasteiger partial charge in [0, 0.05) is 6.07 Å². The third kappa shape index (κ3) is 1.13. The van der Waals surface area contributed by atoms with Crippen molar-refractivity contribution in [2.75, 3.05) is 0 Å². The summed E-state index contributed by atoms with van der Waals surface area (Å²) in [6.45, 7) is 1.66. The summed E-state index contributed by atoms with van der Waals surface area (Å²) in [6.07, 6.45) is 0. The Morgan fingerprint density at radius 1 is 1.50 bits per heavy atom. The van der Waals surface area contributed by atoms with Crippen LogP contribution in [-0.4, -0.2) is 13.0 Å². The zero-order chi connectivity index (χ0) is 7.72. The van der Waals surface area contributed by atoms with Gasteiger partial charge in [0.25, 0.3) is 0 Å². The smallest absolute Gasteiger partial charge is 0.121 e. The average molecular weight is 136 g/mol. The maximum absolute atomic E-state index is 12.5. The van der Waals surface area contributed by atoms with Crippen LogP contribution in [0, 0.1) is 12.7 Å². The molecule has 2 radical (unpaired) electrons. The van der Waals surface area contributed by atoms with Crippen molar-refractivity contribution in [3.05, 3.63) is 23.5 Å². The van der Waals surface area contributed by atoms with Crippen molar-refractivity contribution in [2.24, 2.45) is 0 Å². The summed E-state index contributed by atoms with van der Waals surface area (Å²) in [4.78, 5) is 0. The molecule has 1 aromatic rings. The monoisotopic (exact) mass is 136 g/mol. The Hall–Kier alpha value is -0.985. The van der Waals surface area contributed by atoms with E-state index >= 15 is 0 Å². The van der Waals surface area contributed by atoms with Crippen LogP contribution >= 0.6 is 0 Å². The minimum absolute atomic E-state index is 0.0632. The number of halogens is 1. The van der Waals surface area contributed by atoms with E-state index in [4.69, 9.17) is 13.0 Å². The van der Waals surface area contributed by atoms with E-state index in [9.17, 15) is 4.39 Å². The van der Waals surface area contributed by atoms with Gasteiger partial charge in [-0.05, 0) is 12.5 Å². The van der Waals surface area contributed by atoms with Crippen molar-refractivity contribution in [3.8, 4) is 5.75 Å². The molecule has 3 heteroatoms. The van der Waals surface area contributed by atoms with E-state index < -0.39 is 5.82 Å². The van der Waals surface area contributed by atoms with Gasteiger partial charge in [-0.25, -0.2) is 4.39 Å². The van der Waals surface area contributed by atoms with Crippen LogP contribution in [0.1, 0.15) is 5.56 Å². The number of aromatic hydroxyl groups is 1. The number of hydrogen-bond acceptors (Lipinski definition) is 1. The van der Waals surface area contributed by atoms with Crippen molar-refractivity contribution in [1.82, 2.24) is 0 Å². The van der Waals surface area contributed by atoms with Gasteiger partial charge < -0.3 is 5.11 Å². The van der Waals surface area contributed by atoms with E-state index in [0.717, 1.165) is 6.07 Å². The van der Waals surface area contributed by atoms with Crippen molar-refractivity contribution in [3.63, 3.8) is 0 Å². The quantitative estimate of drug-likeness (QED) is 0.518. The normalized spacial score (nSPS) is 9.80. The lowest BCUT2D eigenvalue weighted by Crippen LogP contribution is -2.07. The molecule has 1 N–H and O–H groups in total. The first kappa shape index (κ1) is 7.13. The van der Waals surface area contributed by atoms with Gasteiger partial charge >= 0.3 is 0 Å². The highest BCUT2D eigenvalue weighted by molar-refractivity contribution is 6.32. The van der Waals surface area contributed by atoms with Crippen molar-refractivity contribution in [2.45, 2.75) is 6.92 Å². The maximum atomic E-state index is 12.5. The van der Waals surface area contributed by atoms with Gasteiger partial charge in [0.2, 0.25) is 0 Å². The minimum Gasteiger partial charge on any atom is -0.508 e. The lowest BCUT2D eigenvalue weighted by molar-refractivity contribution is 0.465. The van der Waals surface area contributed by atoms with Crippen LogP contribution in [0.2, 0.25) is 0 Å². The van der Waals surface area contributed by atoms with E-state index in [-0.39, 0.29) is 11.2 Å². The zero-order valence-corrected chi connectivity index (χ0v) is 5.56. The molecular formula is C7H6BFO. The Kier molecular flexibility index (Phi) is 1.66. The number of hydrogen-bond donors (Lipinski definition) is 1. The van der Waals surface area contributed by atoms with Crippen LogP contribution in [0.15, 0.2) is 12.1 Å². The lowest BCUT2D eigenvalue weighted by Gasteiger charge is -2.00. The van der Waals surface area contributed by atoms with Crippen LogP contribution in [0.4, 0.5) is 4.39 Å². The van der Waals surface area contributed by atoms with Gasteiger partial charge in [-0.1, -0.05) is 11.5 Å². The molecule has 0 aromatic heterocycles. The molecule has 0 atom stereocenters. The van der Waals surface area contributed by atoms with Gasteiger partial charge in [-0.2, -0.15) is 0 Å². The summed E-state index contributed by atoms with van der Waals surface area (Å²) in [5, 5.41) is 8.93. The average Bonchev–Trinajstić information content (AvgIpc) is 1.84. The Labute approximate surface area is 59.9 Å². The summed E-state index contributed by atoms with van der Waals surface area (Å²) in [5.41, 5.74) is 0.647.